The van der Waals surface area contributed by atoms with Crippen molar-refractivity contribution in [3.63, 3.8) is 0 Å². The zero-order valence-electron chi connectivity index (χ0n) is 13.4. The summed E-state index contributed by atoms with van der Waals surface area (Å²) in [4.78, 5) is 10.3. The number of anilines is 1. The fourth-order valence-electron chi connectivity index (χ4n) is 2.53. The fraction of sp³-hybridized carbons (Fsp3) is 0.222. The van der Waals surface area contributed by atoms with E-state index in [9.17, 15) is 0 Å². The number of fused-ring (bicyclic) bond motifs is 1. The van der Waals surface area contributed by atoms with Gasteiger partial charge in [-0.05, 0) is 48.9 Å². The molecule has 122 valence electrons. The number of aliphatic imine (C=N–C) groups is 1. The van der Waals surface area contributed by atoms with Crippen molar-refractivity contribution in [2.24, 2.45) is 4.99 Å². The molecule has 3 aromatic rings. The van der Waals surface area contributed by atoms with Crippen molar-refractivity contribution in [1.82, 2.24) is 9.38 Å². The number of aryl methyl sites for hydroxylation is 1. The van der Waals surface area contributed by atoms with Gasteiger partial charge in [-0.2, -0.15) is 0 Å². The van der Waals surface area contributed by atoms with E-state index in [-0.39, 0.29) is 0 Å². The van der Waals surface area contributed by atoms with E-state index in [0.717, 1.165) is 40.2 Å². The number of benzene rings is 1. The van der Waals surface area contributed by atoms with Crippen LogP contribution in [0.5, 0.6) is 0 Å². The largest absolute Gasteiger partial charge is 0.335 e. The summed E-state index contributed by atoms with van der Waals surface area (Å²) in [5, 5.41) is 4.38. The molecule has 0 amide bonds. The van der Waals surface area contributed by atoms with Crippen molar-refractivity contribution in [2.75, 3.05) is 17.6 Å². The molecule has 4 rings (SSSR count). The Morgan fingerprint density at radius 3 is 2.92 bits per heavy atom. The van der Waals surface area contributed by atoms with Gasteiger partial charge in [0.05, 0.1) is 12.2 Å². The number of hydrogen-bond donors (Lipinski definition) is 1. The third-order valence-corrected chi connectivity index (χ3v) is 5.68. The molecule has 0 spiro atoms. The lowest BCUT2D eigenvalue weighted by Crippen LogP contribution is -2.04. The summed E-state index contributed by atoms with van der Waals surface area (Å²) in [5.74, 6) is 1.95. The SMILES string of the molecule is Cc1ccn2cc(CSc3ccc(NC4=NCCS4)cc3)nc2c1. The average molecular weight is 355 g/mol. The van der Waals surface area contributed by atoms with Crippen LogP contribution < -0.4 is 5.32 Å². The van der Waals surface area contributed by atoms with E-state index in [4.69, 9.17) is 0 Å². The summed E-state index contributed by atoms with van der Waals surface area (Å²) in [6, 6.07) is 12.7. The topological polar surface area (TPSA) is 41.7 Å². The van der Waals surface area contributed by atoms with Crippen LogP contribution in [0.3, 0.4) is 0 Å². The normalized spacial score (nSPS) is 14.1. The van der Waals surface area contributed by atoms with Crippen LogP contribution in [0, 0.1) is 6.92 Å². The molecule has 6 heteroatoms. The standard InChI is InChI=1S/C18H18N4S2/c1-13-6-8-22-11-15(20-17(22)10-13)12-24-16-4-2-14(3-5-16)21-18-19-7-9-23-18/h2-6,8,10-11H,7,9,12H2,1H3,(H,19,21). The number of aromatic nitrogens is 2. The number of imidazole rings is 1. The Balaban J connectivity index is 1.39. The van der Waals surface area contributed by atoms with Crippen LogP contribution >= 0.6 is 23.5 Å². The molecule has 4 nitrogen and oxygen atoms in total. The van der Waals surface area contributed by atoms with E-state index >= 15 is 0 Å². The zero-order valence-corrected chi connectivity index (χ0v) is 15.0. The van der Waals surface area contributed by atoms with E-state index < -0.39 is 0 Å². The second kappa shape index (κ2) is 6.91. The Morgan fingerprint density at radius 2 is 2.12 bits per heavy atom. The molecule has 0 saturated heterocycles. The van der Waals surface area contributed by atoms with Gasteiger partial charge in [-0.25, -0.2) is 4.98 Å². The molecule has 2 aromatic heterocycles. The number of hydrogen-bond acceptors (Lipinski definition) is 5. The molecule has 0 saturated carbocycles. The van der Waals surface area contributed by atoms with Crippen LogP contribution in [0.15, 0.2) is 58.7 Å². The molecule has 0 bridgehead atoms. The highest BCUT2D eigenvalue weighted by atomic mass is 32.2. The number of amidine groups is 1. The number of rotatable bonds is 4. The molecule has 1 aliphatic heterocycles. The van der Waals surface area contributed by atoms with Crippen molar-refractivity contribution in [3.8, 4) is 0 Å². The molecule has 0 atom stereocenters. The summed E-state index contributed by atoms with van der Waals surface area (Å²) in [6.07, 6.45) is 4.17. The molecule has 1 aliphatic rings. The smallest absolute Gasteiger partial charge is 0.161 e. The molecule has 1 N–H and O–H groups in total. The van der Waals surface area contributed by atoms with Crippen LogP contribution in [0.2, 0.25) is 0 Å². The minimum Gasteiger partial charge on any atom is -0.335 e. The Bertz CT molecular complexity index is 884. The van der Waals surface area contributed by atoms with Crippen LogP contribution in [0.4, 0.5) is 5.69 Å². The highest BCUT2D eigenvalue weighted by molar-refractivity contribution is 8.14. The van der Waals surface area contributed by atoms with Gasteiger partial charge in [-0.15, -0.1) is 11.8 Å². The van der Waals surface area contributed by atoms with Crippen molar-refractivity contribution in [1.29, 1.82) is 0 Å². The lowest BCUT2D eigenvalue weighted by atomic mass is 10.3. The van der Waals surface area contributed by atoms with E-state index in [1.165, 1.54) is 10.5 Å². The van der Waals surface area contributed by atoms with Gasteiger partial charge in [0.15, 0.2) is 5.17 Å². The minimum atomic E-state index is 0.871. The third kappa shape index (κ3) is 3.60. The van der Waals surface area contributed by atoms with Crippen LogP contribution in [0.1, 0.15) is 11.3 Å². The summed E-state index contributed by atoms with van der Waals surface area (Å²) in [6.45, 7) is 3.01. The molecule has 1 aromatic carbocycles. The first-order valence-electron chi connectivity index (χ1n) is 7.88. The van der Waals surface area contributed by atoms with Gasteiger partial charge >= 0.3 is 0 Å². The molecule has 24 heavy (non-hydrogen) atoms. The molecule has 0 fully saturated rings. The van der Waals surface area contributed by atoms with Crippen LogP contribution in [0.25, 0.3) is 5.65 Å². The fourth-order valence-corrected chi connectivity index (χ4v) is 4.06. The summed E-state index contributed by atoms with van der Waals surface area (Å²) in [5.41, 5.74) is 4.45. The molecule has 0 radical (unpaired) electrons. The summed E-state index contributed by atoms with van der Waals surface area (Å²) < 4.78 is 2.08. The van der Waals surface area contributed by atoms with Gasteiger partial charge in [0.2, 0.25) is 0 Å². The van der Waals surface area contributed by atoms with E-state index in [2.05, 4.69) is 75.4 Å². The zero-order chi connectivity index (χ0) is 16.4. The van der Waals surface area contributed by atoms with Crippen molar-refractivity contribution >= 4 is 40.0 Å². The van der Waals surface area contributed by atoms with Gasteiger partial charge in [-0.1, -0.05) is 11.8 Å². The Morgan fingerprint density at radius 1 is 1.25 bits per heavy atom. The average Bonchev–Trinajstić information content (AvgIpc) is 3.23. The van der Waals surface area contributed by atoms with E-state index in [0.29, 0.717) is 0 Å². The van der Waals surface area contributed by atoms with Crippen molar-refractivity contribution in [3.05, 3.63) is 60.0 Å². The maximum Gasteiger partial charge on any atom is 0.161 e. The van der Waals surface area contributed by atoms with E-state index in [1.54, 1.807) is 23.5 Å². The first-order chi connectivity index (χ1) is 11.8. The Kier molecular flexibility index (Phi) is 4.49. The monoisotopic (exact) mass is 354 g/mol. The first kappa shape index (κ1) is 15.6. The molecule has 0 aliphatic carbocycles. The van der Waals surface area contributed by atoms with Crippen molar-refractivity contribution in [2.45, 2.75) is 17.6 Å². The van der Waals surface area contributed by atoms with Crippen LogP contribution in [-0.2, 0) is 5.75 Å². The van der Waals surface area contributed by atoms with Gasteiger partial charge in [0.1, 0.15) is 5.65 Å². The maximum atomic E-state index is 4.69. The quantitative estimate of drug-likeness (QED) is 0.703. The molecule has 3 heterocycles. The Labute approximate surface area is 149 Å². The van der Waals surface area contributed by atoms with Gasteiger partial charge in [0, 0.05) is 34.5 Å². The molecule has 0 unspecified atom stereocenters. The van der Waals surface area contributed by atoms with Gasteiger partial charge < -0.3 is 9.72 Å². The van der Waals surface area contributed by atoms with E-state index in [1.807, 2.05) is 0 Å². The minimum absolute atomic E-state index is 0.871. The first-order valence-corrected chi connectivity index (χ1v) is 9.85. The third-order valence-electron chi connectivity index (χ3n) is 3.74. The van der Waals surface area contributed by atoms with Gasteiger partial charge in [0.25, 0.3) is 0 Å². The van der Waals surface area contributed by atoms with Crippen molar-refractivity contribution < 1.29 is 0 Å². The number of pyridine rings is 1. The molecular weight excluding hydrogens is 336 g/mol. The second-order valence-electron chi connectivity index (χ2n) is 5.68. The van der Waals surface area contributed by atoms with Gasteiger partial charge in [-0.3, -0.25) is 4.99 Å². The van der Waals surface area contributed by atoms with Crippen LogP contribution in [-0.4, -0.2) is 26.8 Å². The number of thioether (sulfide) groups is 2. The summed E-state index contributed by atoms with van der Waals surface area (Å²) in [7, 11) is 0. The summed E-state index contributed by atoms with van der Waals surface area (Å²) >= 11 is 3.58. The maximum absolute atomic E-state index is 4.69. The molecular formula is C18H18N4S2. The number of nitrogens with one attached hydrogen (secondary N) is 1. The second-order valence-corrected chi connectivity index (χ2v) is 7.81. The predicted molar refractivity (Wildman–Crippen MR) is 104 cm³/mol. The number of nitrogens with zero attached hydrogens (tertiary/aromatic N) is 3. The highest BCUT2D eigenvalue weighted by Crippen LogP contribution is 2.25. The highest BCUT2D eigenvalue weighted by Gasteiger charge is 2.07. The lowest BCUT2D eigenvalue weighted by molar-refractivity contribution is 1.17. The predicted octanol–water partition coefficient (Wildman–Crippen LogP) is 4.45. The Hall–Kier alpha value is -1.92. The lowest BCUT2D eigenvalue weighted by Gasteiger charge is -2.06.